The Morgan fingerprint density at radius 1 is 1.67 bits per heavy atom. The van der Waals surface area contributed by atoms with Crippen LogP contribution in [-0.2, 0) is 14.8 Å². The highest BCUT2D eigenvalue weighted by Crippen LogP contribution is 2.12. The van der Waals surface area contributed by atoms with Gasteiger partial charge >= 0.3 is 0 Å². The van der Waals surface area contributed by atoms with Crippen LogP contribution in [0.3, 0.4) is 0 Å². The van der Waals surface area contributed by atoms with Gasteiger partial charge in [0.25, 0.3) is 0 Å². The van der Waals surface area contributed by atoms with Crippen molar-refractivity contribution in [1.29, 1.82) is 0 Å². The number of hydrogen-bond acceptors (Lipinski definition) is 3. The summed E-state index contributed by atoms with van der Waals surface area (Å²) >= 11 is 5.32. The fourth-order valence-electron chi connectivity index (χ4n) is 1.19. The number of alkyl halides is 1. The molecule has 0 bridgehead atoms. The first-order valence-electron chi connectivity index (χ1n) is 3.71. The SMILES string of the molecule is CC1COCCN1S(=O)(=O)CCl. The summed E-state index contributed by atoms with van der Waals surface area (Å²) in [5.74, 6) is 0. The molecule has 1 aliphatic rings. The molecule has 0 aromatic rings. The highest BCUT2D eigenvalue weighted by atomic mass is 35.5. The summed E-state index contributed by atoms with van der Waals surface area (Å²) < 4.78 is 29.1. The quantitative estimate of drug-likeness (QED) is 0.618. The van der Waals surface area contributed by atoms with Gasteiger partial charge in [-0.25, -0.2) is 8.42 Å². The van der Waals surface area contributed by atoms with E-state index in [1.165, 1.54) is 4.31 Å². The highest BCUT2D eigenvalue weighted by Gasteiger charge is 2.28. The minimum absolute atomic E-state index is 0.0949. The van der Waals surface area contributed by atoms with Crippen LogP contribution >= 0.6 is 11.6 Å². The van der Waals surface area contributed by atoms with Crippen molar-refractivity contribution in [2.45, 2.75) is 13.0 Å². The third-order valence-electron chi connectivity index (χ3n) is 1.80. The molecule has 0 aromatic carbocycles. The maximum absolute atomic E-state index is 11.3. The maximum Gasteiger partial charge on any atom is 0.228 e. The van der Waals surface area contributed by atoms with E-state index in [1.807, 2.05) is 6.92 Å². The number of rotatable bonds is 2. The first kappa shape index (κ1) is 10.2. The summed E-state index contributed by atoms with van der Waals surface area (Å²) in [5, 5.41) is -0.350. The van der Waals surface area contributed by atoms with Gasteiger partial charge in [0.05, 0.1) is 13.2 Å². The molecule has 6 heteroatoms. The number of sulfonamides is 1. The molecule has 1 atom stereocenters. The third kappa shape index (κ3) is 2.10. The number of morpholine rings is 1. The molecule has 1 heterocycles. The lowest BCUT2D eigenvalue weighted by molar-refractivity contribution is 0.0395. The monoisotopic (exact) mass is 213 g/mol. The van der Waals surface area contributed by atoms with Crippen LogP contribution in [-0.4, -0.2) is 43.7 Å². The van der Waals surface area contributed by atoms with Crippen LogP contribution in [0.1, 0.15) is 6.92 Å². The van der Waals surface area contributed by atoms with E-state index < -0.39 is 10.0 Å². The molecule has 1 rings (SSSR count). The lowest BCUT2D eigenvalue weighted by Crippen LogP contribution is -2.47. The molecule has 0 amide bonds. The number of halogens is 1. The van der Waals surface area contributed by atoms with Crippen LogP contribution in [0.5, 0.6) is 0 Å². The average molecular weight is 214 g/mol. The third-order valence-corrected chi connectivity index (χ3v) is 4.16. The Hall–Kier alpha value is 0.160. The lowest BCUT2D eigenvalue weighted by Gasteiger charge is -2.31. The van der Waals surface area contributed by atoms with Crippen LogP contribution in [0, 0.1) is 0 Å². The summed E-state index contributed by atoms with van der Waals surface area (Å²) in [5.41, 5.74) is 0. The normalized spacial score (nSPS) is 27.3. The van der Waals surface area contributed by atoms with E-state index in [-0.39, 0.29) is 11.3 Å². The minimum atomic E-state index is -3.25. The van der Waals surface area contributed by atoms with Gasteiger partial charge in [0.15, 0.2) is 0 Å². The highest BCUT2D eigenvalue weighted by molar-refractivity contribution is 7.90. The zero-order chi connectivity index (χ0) is 9.19. The van der Waals surface area contributed by atoms with Gasteiger partial charge in [-0.2, -0.15) is 4.31 Å². The van der Waals surface area contributed by atoms with Crippen LogP contribution in [0.25, 0.3) is 0 Å². The lowest BCUT2D eigenvalue weighted by atomic mass is 10.3. The summed E-state index contributed by atoms with van der Waals surface area (Å²) in [4.78, 5) is 0. The van der Waals surface area contributed by atoms with Crippen molar-refractivity contribution in [3.8, 4) is 0 Å². The molecule has 72 valence electrons. The van der Waals surface area contributed by atoms with Gasteiger partial charge in [0.2, 0.25) is 10.0 Å². The van der Waals surface area contributed by atoms with Crippen molar-refractivity contribution in [2.75, 3.05) is 25.0 Å². The Morgan fingerprint density at radius 3 is 2.83 bits per heavy atom. The molecule has 0 radical (unpaired) electrons. The minimum Gasteiger partial charge on any atom is -0.378 e. The van der Waals surface area contributed by atoms with E-state index in [1.54, 1.807) is 0 Å². The van der Waals surface area contributed by atoms with Crippen LogP contribution in [0.2, 0.25) is 0 Å². The molecular formula is C6H12ClNO3S. The number of ether oxygens (including phenoxy) is 1. The zero-order valence-electron chi connectivity index (χ0n) is 6.86. The molecule has 1 unspecified atom stereocenters. The largest absolute Gasteiger partial charge is 0.378 e. The molecule has 1 fully saturated rings. The van der Waals surface area contributed by atoms with E-state index in [0.29, 0.717) is 19.8 Å². The smallest absolute Gasteiger partial charge is 0.228 e. The molecule has 0 spiro atoms. The first-order valence-corrected chi connectivity index (χ1v) is 5.85. The number of nitrogens with zero attached hydrogens (tertiary/aromatic N) is 1. The second-order valence-corrected chi connectivity index (χ2v) is 5.26. The fraction of sp³-hybridized carbons (Fsp3) is 1.00. The molecule has 1 aliphatic heterocycles. The van der Waals surface area contributed by atoms with Crippen molar-refractivity contribution in [3.05, 3.63) is 0 Å². The molecule has 4 nitrogen and oxygen atoms in total. The molecular weight excluding hydrogens is 202 g/mol. The van der Waals surface area contributed by atoms with Crippen LogP contribution in [0.4, 0.5) is 0 Å². The van der Waals surface area contributed by atoms with Gasteiger partial charge in [-0.1, -0.05) is 0 Å². The van der Waals surface area contributed by atoms with Gasteiger partial charge in [0.1, 0.15) is 5.21 Å². The number of hydrogen-bond donors (Lipinski definition) is 0. The summed E-state index contributed by atoms with van der Waals surface area (Å²) in [6.45, 7) is 3.13. The van der Waals surface area contributed by atoms with Crippen molar-refractivity contribution >= 4 is 21.6 Å². The first-order chi connectivity index (χ1) is 5.58. The molecule has 12 heavy (non-hydrogen) atoms. The maximum atomic E-state index is 11.3. The van der Waals surface area contributed by atoms with E-state index in [2.05, 4.69) is 0 Å². The van der Waals surface area contributed by atoms with E-state index >= 15 is 0 Å². The van der Waals surface area contributed by atoms with Crippen molar-refractivity contribution in [1.82, 2.24) is 4.31 Å². The standard InChI is InChI=1S/C6H12ClNO3S/c1-6-4-11-3-2-8(6)12(9,10)5-7/h6H,2-5H2,1H3. The predicted molar refractivity (Wildman–Crippen MR) is 46.6 cm³/mol. The molecule has 1 saturated heterocycles. The molecule has 0 saturated carbocycles. The van der Waals surface area contributed by atoms with Crippen molar-refractivity contribution < 1.29 is 13.2 Å². The van der Waals surface area contributed by atoms with Gasteiger partial charge in [-0.3, -0.25) is 0 Å². The van der Waals surface area contributed by atoms with Crippen molar-refractivity contribution in [3.63, 3.8) is 0 Å². The average Bonchev–Trinajstić information content (AvgIpc) is 2.05. The van der Waals surface area contributed by atoms with Crippen molar-refractivity contribution in [2.24, 2.45) is 0 Å². The predicted octanol–water partition coefficient (Wildman–Crippen LogP) is 0.233. The fourth-order valence-corrected chi connectivity index (χ4v) is 2.65. The van der Waals surface area contributed by atoms with E-state index in [4.69, 9.17) is 16.3 Å². The van der Waals surface area contributed by atoms with E-state index in [9.17, 15) is 8.42 Å². The van der Waals surface area contributed by atoms with Gasteiger partial charge in [-0.05, 0) is 6.92 Å². The van der Waals surface area contributed by atoms with Gasteiger partial charge in [-0.15, -0.1) is 11.6 Å². The summed E-state index contributed by atoms with van der Waals surface area (Å²) in [6.07, 6.45) is 0. The second kappa shape index (κ2) is 3.91. The second-order valence-electron chi connectivity index (χ2n) is 2.76. The Morgan fingerprint density at radius 2 is 2.33 bits per heavy atom. The Labute approximate surface area is 77.5 Å². The topological polar surface area (TPSA) is 46.6 Å². The Balaban J connectivity index is 2.72. The summed E-state index contributed by atoms with van der Waals surface area (Å²) in [7, 11) is -3.25. The molecule has 0 aromatic heterocycles. The Bertz CT molecular complexity index is 241. The summed E-state index contributed by atoms with van der Waals surface area (Å²) in [6, 6.07) is -0.0949. The van der Waals surface area contributed by atoms with Gasteiger partial charge < -0.3 is 4.74 Å². The zero-order valence-corrected chi connectivity index (χ0v) is 8.44. The van der Waals surface area contributed by atoms with E-state index in [0.717, 1.165) is 0 Å². The molecule has 0 N–H and O–H groups in total. The van der Waals surface area contributed by atoms with Crippen LogP contribution in [0.15, 0.2) is 0 Å². The van der Waals surface area contributed by atoms with Gasteiger partial charge in [0, 0.05) is 12.6 Å². The molecule has 0 aliphatic carbocycles. The van der Waals surface area contributed by atoms with Crippen LogP contribution < -0.4 is 0 Å². The Kier molecular flexibility index (Phi) is 3.34.